The van der Waals surface area contributed by atoms with Crippen molar-refractivity contribution in [1.82, 2.24) is 10.2 Å². The van der Waals surface area contributed by atoms with E-state index in [1.165, 1.54) is 6.92 Å². The monoisotopic (exact) mass is 385 g/mol. The van der Waals surface area contributed by atoms with Gasteiger partial charge in [-0.2, -0.15) is 0 Å². The van der Waals surface area contributed by atoms with E-state index in [1.54, 1.807) is 24.3 Å². The zero-order valence-corrected chi connectivity index (χ0v) is 14.2. The predicted octanol–water partition coefficient (Wildman–Crippen LogP) is 3.95. The molecule has 1 aromatic heterocycles. The Labute approximate surface area is 146 Å². The maximum Gasteiger partial charge on any atom is 0.322 e. The van der Waals surface area contributed by atoms with Crippen molar-refractivity contribution in [1.29, 1.82) is 0 Å². The fraction of sp³-hybridized carbons (Fsp3) is 0.0588. The van der Waals surface area contributed by atoms with Gasteiger partial charge in [0.1, 0.15) is 0 Å². The highest BCUT2D eigenvalue weighted by Crippen LogP contribution is 2.23. The Bertz CT molecular complexity index is 903. The highest BCUT2D eigenvalue weighted by molar-refractivity contribution is 9.10. The summed E-state index contributed by atoms with van der Waals surface area (Å²) >= 11 is 3.37. The van der Waals surface area contributed by atoms with E-state index in [4.69, 9.17) is 4.42 Å². The number of nitrogens with one attached hydrogen (secondary N) is 1. The molecule has 0 saturated carbocycles. The van der Waals surface area contributed by atoms with Crippen LogP contribution in [0.1, 0.15) is 27.6 Å². The van der Waals surface area contributed by atoms with Gasteiger partial charge in [-0.25, -0.2) is 0 Å². The largest absolute Gasteiger partial charge is 0.403 e. The Morgan fingerprint density at radius 1 is 1.04 bits per heavy atom. The van der Waals surface area contributed by atoms with Crippen molar-refractivity contribution >= 4 is 33.6 Å². The lowest BCUT2D eigenvalue weighted by molar-refractivity contribution is 0.100. The molecule has 3 rings (SSSR count). The summed E-state index contributed by atoms with van der Waals surface area (Å²) in [5.41, 5.74) is 1.67. The lowest BCUT2D eigenvalue weighted by Gasteiger charge is -2.01. The third-order valence-electron chi connectivity index (χ3n) is 3.27. The summed E-state index contributed by atoms with van der Waals surface area (Å²) in [5.74, 6) is -0.148. The van der Waals surface area contributed by atoms with E-state index < -0.39 is 5.91 Å². The number of Topliss-reactive ketones (excluding diaryl/α,β-unsaturated/α-hetero) is 1. The van der Waals surface area contributed by atoms with Crippen LogP contribution >= 0.6 is 15.9 Å². The Morgan fingerprint density at radius 2 is 1.75 bits per heavy atom. The van der Waals surface area contributed by atoms with Gasteiger partial charge in [0.15, 0.2) is 5.78 Å². The fourth-order valence-electron chi connectivity index (χ4n) is 2.04. The Hall–Kier alpha value is -2.80. The lowest BCUT2D eigenvalue weighted by atomic mass is 10.1. The molecule has 6 nitrogen and oxygen atoms in total. The van der Waals surface area contributed by atoms with Gasteiger partial charge in [-0.15, -0.1) is 5.10 Å². The van der Waals surface area contributed by atoms with Gasteiger partial charge in [0.05, 0.1) is 0 Å². The van der Waals surface area contributed by atoms with Crippen LogP contribution < -0.4 is 5.32 Å². The normalized spacial score (nSPS) is 10.4. The molecule has 1 heterocycles. The number of rotatable bonds is 4. The zero-order chi connectivity index (χ0) is 17.1. The van der Waals surface area contributed by atoms with Crippen molar-refractivity contribution in [2.24, 2.45) is 0 Å². The summed E-state index contributed by atoms with van der Waals surface area (Å²) in [6, 6.07) is 13.7. The SMILES string of the molecule is CC(=O)c1ccc(C(=O)Nc2nnc(-c3cccc(Br)c3)o2)cc1. The van der Waals surface area contributed by atoms with Gasteiger partial charge in [0.2, 0.25) is 5.89 Å². The first-order valence-corrected chi connectivity index (χ1v) is 7.84. The van der Waals surface area contributed by atoms with Gasteiger partial charge in [-0.1, -0.05) is 39.2 Å². The van der Waals surface area contributed by atoms with Gasteiger partial charge in [-0.3, -0.25) is 14.9 Å². The second kappa shape index (κ2) is 6.76. The summed E-state index contributed by atoms with van der Waals surface area (Å²) in [7, 11) is 0. The molecule has 0 unspecified atom stereocenters. The van der Waals surface area contributed by atoms with Crippen LogP contribution in [-0.2, 0) is 0 Å². The number of carbonyl (C=O) groups excluding carboxylic acids is 2. The third kappa shape index (κ3) is 3.57. The molecule has 0 bridgehead atoms. The number of ketones is 1. The average molecular weight is 386 g/mol. The van der Waals surface area contributed by atoms with Gasteiger partial charge in [0.25, 0.3) is 5.91 Å². The molecule has 0 saturated heterocycles. The van der Waals surface area contributed by atoms with E-state index in [0.717, 1.165) is 10.0 Å². The molecular weight excluding hydrogens is 374 g/mol. The molecule has 1 amide bonds. The number of carbonyl (C=O) groups is 2. The predicted molar refractivity (Wildman–Crippen MR) is 91.8 cm³/mol. The highest BCUT2D eigenvalue weighted by atomic mass is 79.9. The number of amides is 1. The van der Waals surface area contributed by atoms with E-state index in [2.05, 4.69) is 31.4 Å². The molecule has 0 radical (unpaired) electrons. The molecule has 3 aromatic rings. The smallest absolute Gasteiger partial charge is 0.322 e. The van der Waals surface area contributed by atoms with Gasteiger partial charge in [0, 0.05) is 21.2 Å². The molecule has 0 atom stereocenters. The Balaban J connectivity index is 1.74. The molecule has 120 valence electrons. The molecule has 0 fully saturated rings. The Kier molecular flexibility index (Phi) is 4.52. The molecule has 0 aliphatic rings. The van der Waals surface area contributed by atoms with Crippen molar-refractivity contribution in [2.45, 2.75) is 6.92 Å². The molecule has 7 heteroatoms. The third-order valence-corrected chi connectivity index (χ3v) is 3.76. The number of hydrogen-bond donors (Lipinski definition) is 1. The van der Waals surface area contributed by atoms with Crippen LogP contribution in [0.15, 0.2) is 57.4 Å². The molecule has 2 aromatic carbocycles. The summed E-state index contributed by atoms with van der Waals surface area (Å²) in [5, 5.41) is 10.3. The number of hydrogen-bond acceptors (Lipinski definition) is 5. The van der Waals surface area contributed by atoms with Crippen LogP contribution in [-0.4, -0.2) is 21.9 Å². The summed E-state index contributed by atoms with van der Waals surface area (Å²) < 4.78 is 6.33. The summed E-state index contributed by atoms with van der Waals surface area (Å²) in [6.07, 6.45) is 0. The van der Waals surface area contributed by atoms with Crippen LogP contribution in [0.3, 0.4) is 0 Å². The molecule has 1 N–H and O–H groups in total. The van der Waals surface area contributed by atoms with E-state index in [9.17, 15) is 9.59 Å². The second-order valence-corrected chi connectivity index (χ2v) is 5.93. The van der Waals surface area contributed by atoms with E-state index >= 15 is 0 Å². The van der Waals surface area contributed by atoms with Gasteiger partial charge >= 0.3 is 6.01 Å². The second-order valence-electron chi connectivity index (χ2n) is 5.01. The van der Waals surface area contributed by atoms with E-state index in [0.29, 0.717) is 17.0 Å². The number of halogens is 1. The quantitative estimate of drug-likeness (QED) is 0.687. The lowest BCUT2D eigenvalue weighted by Crippen LogP contribution is -2.12. The molecule has 0 spiro atoms. The number of benzene rings is 2. The minimum Gasteiger partial charge on any atom is -0.403 e. The number of nitrogens with zero attached hydrogens (tertiary/aromatic N) is 2. The van der Waals surface area contributed by atoms with Crippen molar-refractivity contribution in [2.75, 3.05) is 5.32 Å². The summed E-state index contributed by atoms with van der Waals surface area (Å²) in [4.78, 5) is 23.4. The average Bonchev–Trinajstić information content (AvgIpc) is 3.03. The van der Waals surface area contributed by atoms with Gasteiger partial charge < -0.3 is 4.42 Å². The number of anilines is 1. The topological polar surface area (TPSA) is 85.1 Å². The minimum atomic E-state index is -0.394. The van der Waals surface area contributed by atoms with Crippen molar-refractivity contribution < 1.29 is 14.0 Å². The summed E-state index contributed by atoms with van der Waals surface area (Å²) in [6.45, 7) is 1.47. The van der Waals surface area contributed by atoms with Crippen LogP contribution in [0.2, 0.25) is 0 Å². The first kappa shape index (κ1) is 16.1. The maximum atomic E-state index is 12.2. The van der Waals surface area contributed by atoms with Crippen LogP contribution in [0.4, 0.5) is 6.01 Å². The van der Waals surface area contributed by atoms with E-state index in [1.807, 2.05) is 24.3 Å². The minimum absolute atomic E-state index is 0.00520. The van der Waals surface area contributed by atoms with Crippen LogP contribution in [0.25, 0.3) is 11.5 Å². The highest BCUT2D eigenvalue weighted by Gasteiger charge is 2.13. The molecular formula is C17H12BrN3O3. The molecule has 0 aliphatic heterocycles. The maximum absolute atomic E-state index is 12.2. The fourth-order valence-corrected chi connectivity index (χ4v) is 2.44. The standard InChI is InChI=1S/C17H12BrN3O3/c1-10(22)11-5-7-12(8-6-11)15(23)19-17-21-20-16(24-17)13-3-2-4-14(18)9-13/h2-9H,1H3,(H,19,21,23). The molecule has 0 aliphatic carbocycles. The van der Waals surface area contributed by atoms with Crippen LogP contribution in [0.5, 0.6) is 0 Å². The van der Waals surface area contributed by atoms with Crippen molar-refractivity contribution in [3.8, 4) is 11.5 Å². The number of aromatic nitrogens is 2. The molecule has 24 heavy (non-hydrogen) atoms. The van der Waals surface area contributed by atoms with Crippen molar-refractivity contribution in [3.05, 3.63) is 64.1 Å². The van der Waals surface area contributed by atoms with Gasteiger partial charge in [-0.05, 0) is 37.3 Å². The zero-order valence-electron chi connectivity index (χ0n) is 12.6. The van der Waals surface area contributed by atoms with Crippen molar-refractivity contribution in [3.63, 3.8) is 0 Å². The first-order valence-electron chi connectivity index (χ1n) is 7.05. The van der Waals surface area contributed by atoms with Crippen LogP contribution in [0, 0.1) is 0 Å². The Morgan fingerprint density at radius 3 is 2.42 bits per heavy atom. The van der Waals surface area contributed by atoms with E-state index in [-0.39, 0.29) is 11.8 Å². The first-order chi connectivity index (χ1) is 11.5.